The smallest absolute Gasteiger partial charge is 0.262 e. The van der Waals surface area contributed by atoms with Gasteiger partial charge in [-0.2, -0.15) is 0 Å². The molecule has 126 valence electrons. The predicted octanol–water partition coefficient (Wildman–Crippen LogP) is 2.96. The average molecular weight is 337 g/mol. The quantitative estimate of drug-likeness (QED) is 0.695. The summed E-state index contributed by atoms with van der Waals surface area (Å²) in [5, 5.41) is 10.1. The first-order valence-corrected chi connectivity index (χ1v) is 7.52. The molecule has 0 radical (unpaired) electrons. The van der Waals surface area contributed by atoms with Gasteiger partial charge in [0, 0.05) is 11.1 Å². The van der Waals surface area contributed by atoms with Crippen molar-refractivity contribution in [2.75, 3.05) is 11.9 Å². The van der Waals surface area contributed by atoms with Crippen LogP contribution >= 0.6 is 0 Å². The van der Waals surface area contributed by atoms with Crippen LogP contribution in [0.1, 0.15) is 17.3 Å². The fourth-order valence-electron chi connectivity index (χ4n) is 2.23. The molecule has 0 fully saturated rings. The number of ether oxygens (including phenoxy) is 1. The molecule has 25 heavy (non-hydrogen) atoms. The maximum absolute atomic E-state index is 12.0. The highest BCUT2D eigenvalue weighted by molar-refractivity contribution is 6.03. The third kappa shape index (κ3) is 4.08. The summed E-state index contributed by atoms with van der Waals surface area (Å²) < 4.78 is 10.5. The zero-order chi connectivity index (χ0) is 17.6. The Kier molecular flexibility index (Phi) is 4.84. The number of hydrogen-bond donors (Lipinski definition) is 1. The molecule has 1 N–H and O–H groups in total. The van der Waals surface area contributed by atoms with Crippen LogP contribution in [0.2, 0.25) is 0 Å². The molecule has 2 aromatic carbocycles. The van der Waals surface area contributed by atoms with Gasteiger partial charge in [-0.15, -0.1) is 10.2 Å². The Morgan fingerprint density at radius 2 is 1.88 bits per heavy atom. The van der Waals surface area contributed by atoms with Crippen molar-refractivity contribution < 1.29 is 18.7 Å². The summed E-state index contributed by atoms with van der Waals surface area (Å²) in [6.07, 6.45) is 1.25. The number of hydrogen-bond acceptors (Lipinski definition) is 6. The maximum atomic E-state index is 12.0. The number of ketones is 1. The molecule has 7 heteroatoms. The number of aromatic nitrogens is 2. The highest BCUT2D eigenvalue weighted by Gasteiger charge is 2.10. The first kappa shape index (κ1) is 16.4. The van der Waals surface area contributed by atoms with E-state index >= 15 is 0 Å². The number of Topliss-reactive ketones (excluding diaryl/α,β-unsaturated/α-hetero) is 1. The van der Waals surface area contributed by atoms with Gasteiger partial charge in [-0.3, -0.25) is 9.59 Å². The van der Waals surface area contributed by atoms with E-state index in [9.17, 15) is 9.59 Å². The molecule has 0 saturated carbocycles. The second kappa shape index (κ2) is 7.39. The number of anilines is 1. The van der Waals surface area contributed by atoms with Gasteiger partial charge < -0.3 is 14.5 Å². The highest BCUT2D eigenvalue weighted by Crippen LogP contribution is 2.20. The Morgan fingerprint density at radius 1 is 1.12 bits per heavy atom. The Bertz CT molecular complexity index is 874. The average Bonchev–Trinajstić information content (AvgIpc) is 3.15. The first-order valence-electron chi connectivity index (χ1n) is 7.52. The Labute approximate surface area is 143 Å². The lowest BCUT2D eigenvalue weighted by atomic mass is 10.1. The molecule has 0 spiro atoms. The molecule has 0 atom stereocenters. The summed E-state index contributed by atoms with van der Waals surface area (Å²) in [4.78, 5) is 23.6. The number of nitrogens with zero attached hydrogens (tertiary/aromatic N) is 2. The number of amides is 1. The van der Waals surface area contributed by atoms with Gasteiger partial charge >= 0.3 is 0 Å². The van der Waals surface area contributed by atoms with Crippen molar-refractivity contribution in [1.29, 1.82) is 0 Å². The number of benzene rings is 2. The van der Waals surface area contributed by atoms with Crippen molar-refractivity contribution in [1.82, 2.24) is 10.2 Å². The summed E-state index contributed by atoms with van der Waals surface area (Å²) in [6, 6.07) is 13.8. The van der Waals surface area contributed by atoms with E-state index in [1.54, 1.807) is 48.5 Å². The summed E-state index contributed by atoms with van der Waals surface area (Å²) in [6.45, 7) is 1.28. The van der Waals surface area contributed by atoms with Crippen molar-refractivity contribution in [2.24, 2.45) is 0 Å². The minimum Gasteiger partial charge on any atom is -0.484 e. The Balaban J connectivity index is 1.58. The van der Waals surface area contributed by atoms with Crippen LogP contribution in [0.15, 0.2) is 59.3 Å². The maximum Gasteiger partial charge on any atom is 0.262 e. The number of nitrogens with one attached hydrogen (secondary N) is 1. The lowest BCUT2D eigenvalue weighted by Crippen LogP contribution is -2.21. The van der Waals surface area contributed by atoms with Crippen LogP contribution in [0.5, 0.6) is 5.75 Å². The van der Waals surface area contributed by atoms with Gasteiger partial charge in [0.2, 0.25) is 12.3 Å². The molecule has 0 aliphatic carbocycles. The van der Waals surface area contributed by atoms with E-state index in [0.29, 0.717) is 22.9 Å². The van der Waals surface area contributed by atoms with Gasteiger partial charge in [0.1, 0.15) is 5.75 Å². The standard InChI is InChI=1S/C18H15N3O4/c1-12(22)15-4-2-3-5-16(15)20-17(23)10-24-14-8-6-13(7-9-14)18-21-19-11-25-18/h2-9,11H,10H2,1H3,(H,20,23). The third-order valence-electron chi connectivity index (χ3n) is 3.41. The summed E-state index contributed by atoms with van der Waals surface area (Å²) in [5.74, 6) is 0.464. The normalized spacial score (nSPS) is 10.3. The second-order valence-electron chi connectivity index (χ2n) is 5.21. The van der Waals surface area contributed by atoms with Crippen LogP contribution in [-0.4, -0.2) is 28.5 Å². The second-order valence-corrected chi connectivity index (χ2v) is 5.21. The fourth-order valence-corrected chi connectivity index (χ4v) is 2.23. The van der Waals surface area contributed by atoms with Crippen molar-refractivity contribution in [3.8, 4) is 17.2 Å². The predicted molar refractivity (Wildman–Crippen MR) is 90.3 cm³/mol. The largest absolute Gasteiger partial charge is 0.484 e. The summed E-state index contributed by atoms with van der Waals surface area (Å²) >= 11 is 0. The molecule has 0 aliphatic rings. The van der Waals surface area contributed by atoms with Crippen LogP contribution in [0.3, 0.4) is 0 Å². The van der Waals surface area contributed by atoms with E-state index in [-0.39, 0.29) is 18.3 Å². The third-order valence-corrected chi connectivity index (χ3v) is 3.41. The molecule has 0 saturated heterocycles. The molecule has 7 nitrogen and oxygen atoms in total. The number of carbonyl (C=O) groups excluding carboxylic acids is 2. The van der Waals surface area contributed by atoms with Crippen LogP contribution in [-0.2, 0) is 4.79 Å². The molecule has 0 unspecified atom stereocenters. The molecule has 3 rings (SSSR count). The molecule has 3 aromatic rings. The zero-order valence-electron chi connectivity index (χ0n) is 13.4. The number of para-hydroxylation sites is 1. The van der Waals surface area contributed by atoms with E-state index in [2.05, 4.69) is 15.5 Å². The topological polar surface area (TPSA) is 94.3 Å². The molecular formula is C18H15N3O4. The monoisotopic (exact) mass is 337 g/mol. The molecule has 1 heterocycles. The van der Waals surface area contributed by atoms with Gasteiger partial charge in [0.05, 0.1) is 5.69 Å². The minimum atomic E-state index is -0.352. The SMILES string of the molecule is CC(=O)c1ccccc1NC(=O)COc1ccc(-c2nnco2)cc1. The van der Waals surface area contributed by atoms with Gasteiger partial charge in [-0.1, -0.05) is 12.1 Å². The Morgan fingerprint density at radius 3 is 2.56 bits per heavy atom. The van der Waals surface area contributed by atoms with Gasteiger partial charge in [0.15, 0.2) is 12.4 Å². The van der Waals surface area contributed by atoms with E-state index in [1.165, 1.54) is 13.3 Å². The van der Waals surface area contributed by atoms with Crippen molar-refractivity contribution in [3.63, 3.8) is 0 Å². The first-order chi connectivity index (χ1) is 12.1. The van der Waals surface area contributed by atoms with Crippen LogP contribution in [0, 0.1) is 0 Å². The van der Waals surface area contributed by atoms with Gasteiger partial charge in [-0.05, 0) is 43.3 Å². The molecular weight excluding hydrogens is 322 g/mol. The fraction of sp³-hybridized carbons (Fsp3) is 0.111. The van der Waals surface area contributed by atoms with E-state index in [4.69, 9.17) is 9.15 Å². The van der Waals surface area contributed by atoms with Crippen LogP contribution in [0.4, 0.5) is 5.69 Å². The number of rotatable bonds is 6. The lowest BCUT2D eigenvalue weighted by molar-refractivity contribution is -0.118. The van der Waals surface area contributed by atoms with Gasteiger partial charge in [-0.25, -0.2) is 0 Å². The lowest BCUT2D eigenvalue weighted by Gasteiger charge is -2.10. The minimum absolute atomic E-state index is 0.117. The summed E-state index contributed by atoms with van der Waals surface area (Å²) in [7, 11) is 0. The molecule has 1 aromatic heterocycles. The van der Waals surface area contributed by atoms with Crippen LogP contribution < -0.4 is 10.1 Å². The molecule has 0 bridgehead atoms. The van der Waals surface area contributed by atoms with Crippen molar-refractivity contribution in [2.45, 2.75) is 6.92 Å². The Hall–Kier alpha value is -3.48. The summed E-state index contributed by atoms with van der Waals surface area (Å²) in [5.41, 5.74) is 1.68. The van der Waals surface area contributed by atoms with E-state index in [0.717, 1.165) is 5.56 Å². The van der Waals surface area contributed by atoms with E-state index < -0.39 is 0 Å². The van der Waals surface area contributed by atoms with Crippen molar-refractivity contribution >= 4 is 17.4 Å². The van der Waals surface area contributed by atoms with Crippen LogP contribution in [0.25, 0.3) is 11.5 Å². The number of carbonyl (C=O) groups is 2. The zero-order valence-corrected chi connectivity index (χ0v) is 13.4. The molecule has 0 aliphatic heterocycles. The van der Waals surface area contributed by atoms with E-state index in [1.807, 2.05) is 0 Å². The highest BCUT2D eigenvalue weighted by atomic mass is 16.5. The van der Waals surface area contributed by atoms with Gasteiger partial charge in [0.25, 0.3) is 5.91 Å². The van der Waals surface area contributed by atoms with Crippen molar-refractivity contribution in [3.05, 3.63) is 60.5 Å². The molecule has 1 amide bonds.